The fraction of sp³-hybridized carbons (Fsp3) is 0.765. The average molecular weight is 424 g/mol. The first kappa shape index (κ1) is 24.2. The number of halogens is 3. The molecule has 0 unspecified atom stereocenters. The number of amides is 2. The minimum absolute atomic E-state index is 0. The summed E-state index contributed by atoms with van der Waals surface area (Å²) in [5.74, 6) is -3.20. The van der Waals surface area contributed by atoms with E-state index in [1.54, 1.807) is 0 Å². The van der Waals surface area contributed by atoms with Gasteiger partial charge in [0.05, 0.1) is 13.1 Å². The van der Waals surface area contributed by atoms with E-state index in [9.17, 15) is 18.4 Å². The Kier molecular flexibility index (Phi) is 9.22. The molecule has 1 heterocycles. The van der Waals surface area contributed by atoms with Crippen molar-refractivity contribution in [2.24, 2.45) is 5.73 Å². The van der Waals surface area contributed by atoms with E-state index in [1.165, 1.54) is 6.92 Å². The molecule has 1 fully saturated rings. The first-order valence-corrected chi connectivity index (χ1v) is 9.23. The van der Waals surface area contributed by atoms with E-state index in [-0.39, 0.29) is 37.0 Å². The van der Waals surface area contributed by atoms with Crippen molar-refractivity contribution < 1.29 is 22.9 Å². The zero-order chi connectivity index (χ0) is 19.9. The third kappa shape index (κ3) is 6.97. The number of carbonyl (C=O) groups excluding carboxylic acids is 2. The van der Waals surface area contributed by atoms with Crippen LogP contribution in [0.1, 0.15) is 63.6 Å². The van der Waals surface area contributed by atoms with Crippen molar-refractivity contribution in [3.63, 3.8) is 0 Å². The van der Waals surface area contributed by atoms with E-state index < -0.39 is 30.5 Å². The van der Waals surface area contributed by atoms with E-state index >= 15 is 0 Å². The Bertz CT molecular complexity index is 648. The molecule has 1 aromatic rings. The molecule has 2 rings (SSSR count). The minimum atomic E-state index is -3.13. The number of hydrogen-bond acceptors (Lipinski definition) is 6. The molecule has 0 aromatic carbocycles. The Morgan fingerprint density at radius 3 is 2.46 bits per heavy atom. The second-order valence-electron chi connectivity index (χ2n) is 7.03. The van der Waals surface area contributed by atoms with Gasteiger partial charge in [-0.1, -0.05) is 30.8 Å². The number of nitrogens with zero attached hydrogens (tertiary/aromatic N) is 2. The van der Waals surface area contributed by atoms with Crippen molar-refractivity contribution in [1.29, 1.82) is 0 Å². The maximum absolute atomic E-state index is 13.1. The van der Waals surface area contributed by atoms with Gasteiger partial charge in [-0.3, -0.25) is 9.59 Å². The zero-order valence-electron chi connectivity index (χ0n) is 15.9. The van der Waals surface area contributed by atoms with Crippen molar-refractivity contribution in [1.82, 2.24) is 20.8 Å². The van der Waals surface area contributed by atoms with Crippen LogP contribution in [0.15, 0.2) is 4.52 Å². The van der Waals surface area contributed by atoms with Gasteiger partial charge in [-0.2, -0.15) is 4.98 Å². The summed E-state index contributed by atoms with van der Waals surface area (Å²) in [5.41, 5.74) is 4.27. The highest BCUT2D eigenvalue weighted by Gasteiger charge is 2.38. The molecule has 8 nitrogen and oxygen atoms in total. The van der Waals surface area contributed by atoms with Crippen LogP contribution >= 0.6 is 12.4 Å². The maximum Gasteiger partial charge on any atom is 0.277 e. The number of nitrogens with one attached hydrogen (secondary N) is 2. The SMILES string of the molecule is CC(=O)NC1(c2noc(CCC(=O)NCC(F)(F)CN)n2)CCCCCC1.Cl. The van der Waals surface area contributed by atoms with Crippen LogP contribution in [0.5, 0.6) is 0 Å². The molecule has 28 heavy (non-hydrogen) atoms. The standard InChI is InChI=1S/C17H27F2N5O3.ClH/c1-12(25)23-16(8-4-2-3-5-9-16)15-22-14(27-24-15)7-6-13(26)21-11-17(18,19)10-20;/h2-11,20H2,1H3,(H,21,26)(H,23,25);1H. The van der Waals surface area contributed by atoms with Gasteiger partial charge < -0.3 is 20.9 Å². The number of aromatic nitrogens is 2. The Balaban J connectivity index is 0.00000392. The summed E-state index contributed by atoms with van der Waals surface area (Å²) in [7, 11) is 0. The fourth-order valence-corrected chi connectivity index (χ4v) is 3.23. The lowest BCUT2D eigenvalue weighted by molar-refractivity contribution is -0.123. The predicted octanol–water partition coefficient (Wildman–Crippen LogP) is 1.82. The lowest BCUT2D eigenvalue weighted by Crippen LogP contribution is -2.45. The van der Waals surface area contributed by atoms with Gasteiger partial charge in [0.1, 0.15) is 5.54 Å². The van der Waals surface area contributed by atoms with Crippen molar-refractivity contribution in [2.45, 2.75) is 69.8 Å². The number of nitrogens with two attached hydrogens (primary N) is 1. The summed E-state index contributed by atoms with van der Waals surface area (Å²) < 4.78 is 31.3. The van der Waals surface area contributed by atoms with Gasteiger partial charge in [0.2, 0.25) is 17.7 Å². The molecule has 1 aliphatic carbocycles. The molecule has 1 saturated carbocycles. The number of hydrogen-bond donors (Lipinski definition) is 3. The van der Waals surface area contributed by atoms with Crippen molar-refractivity contribution >= 4 is 24.2 Å². The second-order valence-corrected chi connectivity index (χ2v) is 7.03. The highest BCUT2D eigenvalue weighted by atomic mass is 35.5. The summed E-state index contributed by atoms with van der Waals surface area (Å²) in [4.78, 5) is 27.7. The van der Waals surface area contributed by atoms with Crippen LogP contribution in [0.4, 0.5) is 8.78 Å². The Morgan fingerprint density at radius 2 is 1.89 bits per heavy atom. The van der Waals surface area contributed by atoms with Crippen LogP contribution in [0.2, 0.25) is 0 Å². The van der Waals surface area contributed by atoms with E-state index in [0.717, 1.165) is 38.5 Å². The molecule has 160 valence electrons. The minimum Gasteiger partial charge on any atom is -0.350 e. The average Bonchev–Trinajstić information content (AvgIpc) is 2.98. The number of aryl methyl sites for hydroxylation is 1. The Hall–Kier alpha value is -1.81. The Labute approximate surface area is 168 Å². The normalized spacial score (nSPS) is 16.6. The molecule has 0 bridgehead atoms. The maximum atomic E-state index is 13.1. The first-order valence-electron chi connectivity index (χ1n) is 9.23. The monoisotopic (exact) mass is 423 g/mol. The summed E-state index contributed by atoms with van der Waals surface area (Å²) in [6.07, 6.45) is 5.57. The molecular formula is C17H28ClF2N5O3. The quantitative estimate of drug-likeness (QED) is 0.548. The van der Waals surface area contributed by atoms with Crippen molar-refractivity contribution in [2.75, 3.05) is 13.1 Å². The molecule has 1 aliphatic rings. The predicted molar refractivity (Wildman–Crippen MR) is 100 cm³/mol. The molecule has 4 N–H and O–H groups in total. The van der Waals surface area contributed by atoms with Crippen LogP contribution in [-0.4, -0.2) is 41.0 Å². The first-order chi connectivity index (χ1) is 12.8. The van der Waals surface area contributed by atoms with Gasteiger partial charge in [0.15, 0.2) is 5.82 Å². The lowest BCUT2D eigenvalue weighted by Gasteiger charge is -2.30. The van der Waals surface area contributed by atoms with Gasteiger partial charge >= 0.3 is 0 Å². The molecular weight excluding hydrogens is 396 g/mol. The smallest absolute Gasteiger partial charge is 0.277 e. The van der Waals surface area contributed by atoms with E-state index in [2.05, 4.69) is 20.8 Å². The van der Waals surface area contributed by atoms with Crippen molar-refractivity contribution in [3.8, 4) is 0 Å². The van der Waals surface area contributed by atoms with Gasteiger partial charge in [0, 0.05) is 19.8 Å². The van der Waals surface area contributed by atoms with E-state index in [0.29, 0.717) is 5.82 Å². The number of rotatable bonds is 8. The largest absolute Gasteiger partial charge is 0.350 e. The van der Waals surface area contributed by atoms with Crippen LogP contribution < -0.4 is 16.4 Å². The van der Waals surface area contributed by atoms with Crippen LogP contribution in [-0.2, 0) is 21.5 Å². The highest BCUT2D eigenvalue weighted by Crippen LogP contribution is 2.34. The van der Waals surface area contributed by atoms with Crippen molar-refractivity contribution in [3.05, 3.63) is 11.7 Å². The topological polar surface area (TPSA) is 123 Å². The van der Waals surface area contributed by atoms with Gasteiger partial charge in [-0.25, -0.2) is 8.78 Å². The van der Waals surface area contributed by atoms with Crippen LogP contribution in [0.25, 0.3) is 0 Å². The summed E-state index contributed by atoms with van der Waals surface area (Å²) in [6.45, 7) is -0.177. The molecule has 0 saturated heterocycles. The molecule has 0 aliphatic heterocycles. The Morgan fingerprint density at radius 1 is 1.25 bits per heavy atom. The third-order valence-electron chi connectivity index (χ3n) is 4.68. The van der Waals surface area contributed by atoms with Crippen LogP contribution in [0, 0.1) is 0 Å². The molecule has 0 atom stereocenters. The van der Waals surface area contributed by atoms with Gasteiger partial charge in [0.25, 0.3) is 5.92 Å². The summed E-state index contributed by atoms with van der Waals surface area (Å²) in [6, 6.07) is 0. The molecule has 1 aromatic heterocycles. The summed E-state index contributed by atoms with van der Waals surface area (Å²) in [5, 5.41) is 9.13. The molecule has 0 spiro atoms. The summed E-state index contributed by atoms with van der Waals surface area (Å²) >= 11 is 0. The van der Waals surface area contributed by atoms with Gasteiger partial charge in [-0.05, 0) is 12.8 Å². The van der Waals surface area contributed by atoms with Gasteiger partial charge in [-0.15, -0.1) is 12.4 Å². The van der Waals surface area contributed by atoms with Crippen LogP contribution in [0.3, 0.4) is 0 Å². The molecule has 2 amide bonds. The third-order valence-corrected chi connectivity index (χ3v) is 4.68. The second kappa shape index (κ2) is 10.7. The lowest BCUT2D eigenvalue weighted by atomic mass is 9.89. The number of alkyl halides is 2. The fourth-order valence-electron chi connectivity index (χ4n) is 3.23. The zero-order valence-corrected chi connectivity index (χ0v) is 16.7. The molecule has 11 heteroatoms. The van der Waals surface area contributed by atoms with E-state index in [1.807, 2.05) is 0 Å². The van der Waals surface area contributed by atoms with E-state index in [4.69, 9.17) is 10.3 Å². The number of carbonyl (C=O) groups is 2. The molecule has 0 radical (unpaired) electrons. The highest BCUT2D eigenvalue weighted by molar-refractivity contribution is 5.85.